The first-order chi connectivity index (χ1) is 8.79. The molecule has 0 bridgehead atoms. The van der Waals surface area contributed by atoms with E-state index in [1.54, 1.807) is 0 Å². The van der Waals surface area contributed by atoms with Crippen LogP contribution < -0.4 is 5.73 Å². The van der Waals surface area contributed by atoms with Crippen LogP contribution in [0.4, 0.5) is 0 Å². The highest BCUT2D eigenvalue weighted by molar-refractivity contribution is 7.99. The van der Waals surface area contributed by atoms with E-state index >= 15 is 0 Å². The molecular formula is C13H23NO2S2. The molecule has 2 N–H and O–H groups in total. The van der Waals surface area contributed by atoms with E-state index in [0.717, 1.165) is 43.3 Å². The zero-order chi connectivity index (χ0) is 12.4. The molecule has 5 heteroatoms. The van der Waals surface area contributed by atoms with Crippen molar-refractivity contribution < 1.29 is 9.47 Å². The molecule has 104 valence electrons. The van der Waals surface area contributed by atoms with E-state index in [0.29, 0.717) is 5.92 Å². The molecule has 3 aliphatic rings. The molecule has 3 rings (SSSR count). The maximum atomic E-state index is 6.47. The third-order valence-electron chi connectivity index (χ3n) is 4.41. The molecule has 3 fully saturated rings. The van der Waals surface area contributed by atoms with E-state index in [1.807, 2.05) is 23.5 Å². The minimum Gasteiger partial charge on any atom is -0.375 e. The van der Waals surface area contributed by atoms with Gasteiger partial charge in [-0.2, -0.15) is 23.5 Å². The van der Waals surface area contributed by atoms with Crippen molar-refractivity contribution in [3.8, 4) is 0 Å². The van der Waals surface area contributed by atoms with Crippen molar-refractivity contribution in [2.45, 2.75) is 37.0 Å². The zero-order valence-corrected chi connectivity index (χ0v) is 12.4. The van der Waals surface area contributed by atoms with Gasteiger partial charge in [-0.1, -0.05) is 0 Å². The SMILES string of the molecule is NC(C1CCOC2(CCSC2)C1)C1CSCCO1. The van der Waals surface area contributed by atoms with Gasteiger partial charge < -0.3 is 15.2 Å². The summed E-state index contributed by atoms with van der Waals surface area (Å²) in [6, 6.07) is 0.198. The van der Waals surface area contributed by atoms with E-state index in [4.69, 9.17) is 15.2 Å². The lowest BCUT2D eigenvalue weighted by Crippen LogP contribution is -2.51. The fourth-order valence-electron chi connectivity index (χ4n) is 3.29. The number of thioether (sulfide) groups is 2. The van der Waals surface area contributed by atoms with E-state index in [1.165, 1.54) is 12.2 Å². The molecule has 4 atom stereocenters. The Balaban J connectivity index is 1.60. The third kappa shape index (κ3) is 2.85. The van der Waals surface area contributed by atoms with Gasteiger partial charge in [-0.25, -0.2) is 0 Å². The van der Waals surface area contributed by atoms with E-state index < -0.39 is 0 Å². The first-order valence-electron chi connectivity index (χ1n) is 6.96. The summed E-state index contributed by atoms with van der Waals surface area (Å²) in [7, 11) is 0. The highest BCUT2D eigenvalue weighted by Crippen LogP contribution is 2.41. The molecule has 0 aliphatic carbocycles. The van der Waals surface area contributed by atoms with Crippen LogP contribution in [0.25, 0.3) is 0 Å². The molecule has 3 heterocycles. The maximum Gasteiger partial charge on any atom is 0.0819 e. The summed E-state index contributed by atoms with van der Waals surface area (Å²) >= 11 is 4.01. The highest BCUT2D eigenvalue weighted by Gasteiger charge is 2.43. The third-order valence-corrected chi connectivity index (χ3v) is 6.66. The van der Waals surface area contributed by atoms with Crippen molar-refractivity contribution in [2.75, 3.05) is 36.2 Å². The largest absolute Gasteiger partial charge is 0.375 e. The van der Waals surface area contributed by atoms with Crippen LogP contribution in [-0.4, -0.2) is 54.0 Å². The molecule has 0 amide bonds. The molecule has 0 aromatic carbocycles. The van der Waals surface area contributed by atoms with E-state index in [-0.39, 0.29) is 17.7 Å². The minimum atomic E-state index is 0.146. The van der Waals surface area contributed by atoms with Crippen molar-refractivity contribution in [1.29, 1.82) is 0 Å². The van der Waals surface area contributed by atoms with Crippen LogP contribution in [0.5, 0.6) is 0 Å². The number of rotatable bonds is 2. The van der Waals surface area contributed by atoms with Crippen LogP contribution in [0.2, 0.25) is 0 Å². The summed E-state index contributed by atoms with van der Waals surface area (Å²) in [6.45, 7) is 1.76. The Labute approximate surface area is 118 Å². The summed E-state index contributed by atoms with van der Waals surface area (Å²) in [5, 5.41) is 0. The summed E-state index contributed by atoms with van der Waals surface area (Å²) in [5.41, 5.74) is 6.62. The van der Waals surface area contributed by atoms with Gasteiger partial charge in [0.2, 0.25) is 0 Å². The van der Waals surface area contributed by atoms with Crippen LogP contribution in [0.3, 0.4) is 0 Å². The lowest BCUT2D eigenvalue weighted by molar-refractivity contribution is -0.0921. The second-order valence-electron chi connectivity index (χ2n) is 5.65. The fourth-order valence-corrected chi connectivity index (χ4v) is 5.60. The first-order valence-corrected chi connectivity index (χ1v) is 9.27. The Hall–Kier alpha value is 0.580. The standard InChI is InChI=1S/C13H23NO2S2/c14-12(11-8-17-6-4-15-11)10-1-3-16-13(7-10)2-5-18-9-13/h10-12H,1-9,14H2. The van der Waals surface area contributed by atoms with Gasteiger partial charge in [0.05, 0.1) is 18.3 Å². The van der Waals surface area contributed by atoms with Gasteiger partial charge in [-0.05, 0) is 30.9 Å². The molecular weight excluding hydrogens is 266 g/mol. The average molecular weight is 289 g/mol. The number of nitrogens with two attached hydrogens (primary N) is 1. The second-order valence-corrected chi connectivity index (χ2v) is 7.90. The topological polar surface area (TPSA) is 44.5 Å². The average Bonchev–Trinajstić information content (AvgIpc) is 2.87. The molecule has 1 spiro atoms. The Morgan fingerprint density at radius 2 is 2.17 bits per heavy atom. The predicted molar refractivity (Wildman–Crippen MR) is 78.4 cm³/mol. The Morgan fingerprint density at radius 3 is 2.89 bits per heavy atom. The molecule has 0 radical (unpaired) electrons. The molecule has 0 saturated carbocycles. The van der Waals surface area contributed by atoms with Crippen molar-refractivity contribution in [2.24, 2.45) is 11.7 Å². The summed E-state index contributed by atoms with van der Waals surface area (Å²) in [6.07, 6.45) is 3.73. The molecule has 18 heavy (non-hydrogen) atoms. The van der Waals surface area contributed by atoms with Gasteiger partial charge in [0.15, 0.2) is 0 Å². The van der Waals surface area contributed by atoms with Crippen molar-refractivity contribution in [1.82, 2.24) is 0 Å². The number of hydrogen-bond donors (Lipinski definition) is 1. The molecule has 3 saturated heterocycles. The van der Waals surface area contributed by atoms with Gasteiger partial charge in [-0.15, -0.1) is 0 Å². The lowest BCUT2D eigenvalue weighted by atomic mass is 9.80. The van der Waals surface area contributed by atoms with Gasteiger partial charge in [0.25, 0.3) is 0 Å². The molecule has 3 aliphatic heterocycles. The Morgan fingerprint density at radius 1 is 1.22 bits per heavy atom. The minimum absolute atomic E-state index is 0.146. The van der Waals surface area contributed by atoms with Gasteiger partial charge in [0, 0.05) is 29.9 Å². The summed E-state index contributed by atoms with van der Waals surface area (Å²) in [5.74, 6) is 5.19. The first kappa shape index (κ1) is 13.6. The normalized spacial score (nSPS) is 43.2. The smallest absolute Gasteiger partial charge is 0.0819 e. The highest BCUT2D eigenvalue weighted by atomic mass is 32.2. The van der Waals surface area contributed by atoms with Crippen molar-refractivity contribution in [3.05, 3.63) is 0 Å². The Kier molecular flexibility index (Phi) is 4.46. The number of ether oxygens (including phenoxy) is 2. The summed E-state index contributed by atoms with van der Waals surface area (Å²) < 4.78 is 11.9. The van der Waals surface area contributed by atoms with Gasteiger partial charge >= 0.3 is 0 Å². The van der Waals surface area contributed by atoms with Crippen molar-refractivity contribution >= 4 is 23.5 Å². The molecule has 0 aromatic rings. The predicted octanol–water partition coefficient (Wildman–Crippen LogP) is 1.75. The lowest BCUT2D eigenvalue weighted by Gasteiger charge is -2.42. The van der Waals surface area contributed by atoms with E-state index in [2.05, 4.69) is 0 Å². The second kappa shape index (κ2) is 5.92. The van der Waals surface area contributed by atoms with Crippen LogP contribution in [-0.2, 0) is 9.47 Å². The molecule has 3 nitrogen and oxygen atoms in total. The number of hydrogen-bond acceptors (Lipinski definition) is 5. The van der Waals surface area contributed by atoms with Crippen molar-refractivity contribution in [3.63, 3.8) is 0 Å². The quantitative estimate of drug-likeness (QED) is 0.839. The maximum absolute atomic E-state index is 6.47. The van der Waals surface area contributed by atoms with Crippen LogP contribution in [0.15, 0.2) is 0 Å². The fraction of sp³-hybridized carbons (Fsp3) is 1.00. The molecule has 0 aromatic heterocycles. The Bertz CT molecular complexity index is 278. The van der Waals surface area contributed by atoms with E-state index in [9.17, 15) is 0 Å². The van der Waals surface area contributed by atoms with Crippen LogP contribution in [0, 0.1) is 5.92 Å². The van der Waals surface area contributed by atoms with Gasteiger partial charge in [0.1, 0.15) is 0 Å². The zero-order valence-electron chi connectivity index (χ0n) is 10.8. The van der Waals surface area contributed by atoms with Gasteiger partial charge in [-0.3, -0.25) is 0 Å². The summed E-state index contributed by atoms with van der Waals surface area (Å²) in [4.78, 5) is 0. The van der Waals surface area contributed by atoms with Crippen LogP contribution >= 0.6 is 23.5 Å². The molecule has 4 unspecified atom stereocenters. The van der Waals surface area contributed by atoms with Crippen LogP contribution in [0.1, 0.15) is 19.3 Å². The monoisotopic (exact) mass is 289 g/mol.